The highest BCUT2D eigenvalue weighted by Gasteiger charge is 2.21. The van der Waals surface area contributed by atoms with E-state index in [0.29, 0.717) is 10.9 Å². The highest BCUT2D eigenvalue weighted by Crippen LogP contribution is 2.28. The molecule has 1 aromatic heterocycles. The van der Waals surface area contributed by atoms with E-state index in [9.17, 15) is 13.6 Å². The van der Waals surface area contributed by atoms with Crippen LogP contribution < -0.4 is 0 Å². The van der Waals surface area contributed by atoms with Gasteiger partial charge in [0, 0.05) is 17.0 Å². The first-order valence-corrected chi connectivity index (χ1v) is 6.06. The number of ketones is 1. The summed E-state index contributed by atoms with van der Waals surface area (Å²) in [6, 6.07) is 9.74. The molecule has 2 nitrogen and oxygen atoms in total. The van der Waals surface area contributed by atoms with Gasteiger partial charge in [-0.3, -0.25) is 4.79 Å². The van der Waals surface area contributed by atoms with Gasteiger partial charge in [-0.15, -0.1) is 0 Å². The van der Waals surface area contributed by atoms with Crippen molar-refractivity contribution in [2.75, 3.05) is 0 Å². The largest absolute Gasteiger partial charge is 0.452 e. The zero-order chi connectivity index (χ0) is 14.3. The van der Waals surface area contributed by atoms with Gasteiger partial charge >= 0.3 is 0 Å². The summed E-state index contributed by atoms with van der Waals surface area (Å²) in [5.74, 6) is -1.56. The molecule has 0 N–H and O–H groups in total. The molecular weight excluding hydrogens is 262 g/mol. The van der Waals surface area contributed by atoms with Crippen LogP contribution in [0.3, 0.4) is 0 Å². The van der Waals surface area contributed by atoms with Gasteiger partial charge in [-0.1, -0.05) is 12.1 Å². The molecule has 0 aliphatic carbocycles. The number of furan rings is 1. The van der Waals surface area contributed by atoms with Gasteiger partial charge in [0.2, 0.25) is 5.78 Å². The zero-order valence-electron chi connectivity index (χ0n) is 10.6. The van der Waals surface area contributed by atoms with Crippen LogP contribution in [0.25, 0.3) is 11.0 Å². The molecule has 4 heteroatoms. The van der Waals surface area contributed by atoms with E-state index in [-0.39, 0.29) is 16.9 Å². The molecule has 0 spiro atoms. The predicted octanol–water partition coefficient (Wildman–Crippen LogP) is 4.25. The van der Waals surface area contributed by atoms with Gasteiger partial charge in [0.25, 0.3) is 0 Å². The average molecular weight is 272 g/mol. The first kappa shape index (κ1) is 12.5. The Morgan fingerprint density at radius 1 is 1.10 bits per heavy atom. The lowest BCUT2D eigenvalue weighted by atomic mass is 10.0. The van der Waals surface area contributed by atoms with Crippen LogP contribution in [0.2, 0.25) is 0 Å². The molecule has 1 heterocycles. The third-order valence-corrected chi connectivity index (χ3v) is 3.22. The summed E-state index contributed by atoms with van der Waals surface area (Å²) in [5.41, 5.74) is 0.797. The van der Waals surface area contributed by atoms with Crippen molar-refractivity contribution in [3.05, 3.63) is 71.0 Å². The average Bonchev–Trinajstić information content (AvgIpc) is 2.75. The lowest BCUT2D eigenvalue weighted by Gasteiger charge is -2.00. The molecule has 0 saturated carbocycles. The Hall–Kier alpha value is -2.49. The number of aryl methyl sites for hydroxylation is 1. The summed E-state index contributed by atoms with van der Waals surface area (Å²) in [6.07, 6.45) is 0. The molecule has 20 heavy (non-hydrogen) atoms. The number of carbonyl (C=O) groups excluding carboxylic acids is 1. The van der Waals surface area contributed by atoms with Crippen LogP contribution in [0.5, 0.6) is 0 Å². The molecule has 0 radical (unpaired) electrons. The smallest absolute Gasteiger partial charge is 0.231 e. The highest BCUT2D eigenvalue weighted by molar-refractivity contribution is 6.10. The molecule has 0 atom stereocenters. The Kier molecular flexibility index (Phi) is 2.86. The number of halogens is 2. The zero-order valence-corrected chi connectivity index (χ0v) is 10.6. The minimum absolute atomic E-state index is 0.0377. The third kappa shape index (κ3) is 1.90. The minimum Gasteiger partial charge on any atom is -0.452 e. The molecule has 0 saturated heterocycles. The van der Waals surface area contributed by atoms with E-state index < -0.39 is 17.4 Å². The summed E-state index contributed by atoms with van der Waals surface area (Å²) in [5, 5.41) is 0.645. The quantitative estimate of drug-likeness (QED) is 0.653. The molecule has 3 rings (SSSR count). The molecule has 3 aromatic rings. The van der Waals surface area contributed by atoms with Crippen LogP contribution in [-0.4, -0.2) is 5.78 Å². The van der Waals surface area contributed by atoms with Crippen molar-refractivity contribution in [2.45, 2.75) is 6.92 Å². The Morgan fingerprint density at radius 3 is 2.60 bits per heavy atom. The third-order valence-electron chi connectivity index (χ3n) is 3.22. The minimum atomic E-state index is -0.608. The Balaban J connectivity index is 2.18. The number of carbonyl (C=O) groups is 1. The van der Waals surface area contributed by atoms with Crippen molar-refractivity contribution in [3.8, 4) is 0 Å². The van der Waals surface area contributed by atoms with E-state index >= 15 is 0 Å². The van der Waals surface area contributed by atoms with Gasteiger partial charge in [-0.05, 0) is 31.2 Å². The molecule has 0 fully saturated rings. The number of benzene rings is 2. The summed E-state index contributed by atoms with van der Waals surface area (Å²) in [7, 11) is 0. The van der Waals surface area contributed by atoms with E-state index in [2.05, 4.69) is 0 Å². The fourth-order valence-electron chi connectivity index (χ4n) is 2.18. The van der Waals surface area contributed by atoms with Crippen LogP contribution in [-0.2, 0) is 0 Å². The lowest BCUT2D eigenvalue weighted by molar-refractivity contribution is 0.101. The van der Waals surface area contributed by atoms with Gasteiger partial charge in [0.15, 0.2) is 5.76 Å². The van der Waals surface area contributed by atoms with Crippen molar-refractivity contribution >= 4 is 16.8 Å². The van der Waals surface area contributed by atoms with Crippen molar-refractivity contribution in [1.82, 2.24) is 0 Å². The SMILES string of the molecule is Cc1c(C(=O)c2ccccc2F)oc2cc(F)ccc12. The van der Waals surface area contributed by atoms with Crippen molar-refractivity contribution in [2.24, 2.45) is 0 Å². The molecule has 0 unspecified atom stereocenters. The Labute approximate surface area is 113 Å². The normalized spacial score (nSPS) is 10.9. The molecule has 2 aromatic carbocycles. The summed E-state index contributed by atoms with van der Waals surface area (Å²) in [4.78, 5) is 12.3. The highest BCUT2D eigenvalue weighted by atomic mass is 19.1. The van der Waals surface area contributed by atoms with Crippen LogP contribution in [0.1, 0.15) is 21.7 Å². The monoisotopic (exact) mass is 272 g/mol. The van der Waals surface area contributed by atoms with E-state index in [1.807, 2.05) is 0 Å². The molecular formula is C16H10F2O2. The number of hydrogen-bond donors (Lipinski definition) is 0. The van der Waals surface area contributed by atoms with Crippen molar-refractivity contribution in [3.63, 3.8) is 0 Å². The predicted molar refractivity (Wildman–Crippen MR) is 70.7 cm³/mol. The molecule has 0 amide bonds. The maximum absolute atomic E-state index is 13.7. The van der Waals surface area contributed by atoms with E-state index in [1.54, 1.807) is 19.1 Å². The van der Waals surface area contributed by atoms with Crippen LogP contribution in [0.15, 0.2) is 46.9 Å². The fraction of sp³-hybridized carbons (Fsp3) is 0.0625. The maximum atomic E-state index is 13.7. The lowest BCUT2D eigenvalue weighted by Crippen LogP contribution is -2.04. The Bertz CT molecular complexity index is 818. The fourth-order valence-corrected chi connectivity index (χ4v) is 2.18. The van der Waals surface area contributed by atoms with Crippen LogP contribution in [0, 0.1) is 18.6 Å². The molecule has 100 valence electrons. The van der Waals surface area contributed by atoms with Gasteiger partial charge in [-0.25, -0.2) is 8.78 Å². The number of hydrogen-bond acceptors (Lipinski definition) is 2. The van der Waals surface area contributed by atoms with Gasteiger partial charge < -0.3 is 4.42 Å². The summed E-state index contributed by atoms with van der Waals surface area (Å²) in [6.45, 7) is 1.69. The first-order chi connectivity index (χ1) is 9.58. The Morgan fingerprint density at radius 2 is 1.85 bits per heavy atom. The first-order valence-electron chi connectivity index (χ1n) is 6.06. The molecule has 0 aliphatic rings. The second kappa shape index (κ2) is 4.56. The second-order valence-corrected chi connectivity index (χ2v) is 4.51. The van der Waals surface area contributed by atoms with E-state index in [0.717, 1.165) is 0 Å². The molecule has 0 bridgehead atoms. The summed E-state index contributed by atoms with van der Waals surface area (Å²) >= 11 is 0. The number of rotatable bonds is 2. The van der Waals surface area contributed by atoms with E-state index in [1.165, 1.54) is 30.3 Å². The second-order valence-electron chi connectivity index (χ2n) is 4.51. The molecule has 0 aliphatic heterocycles. The van der Waals surface area contributed by atoms with Gasteiger partial charge in [-0.2, -0.15) is 0 Å². The van der Waals surface area contributed by atoms with Crippen LogP contribution in [0.4, 0.5) is 8.78 Å². The van der Waals surface area contributed by atoms with Gasteiger partial charge in [0.05, 0.1) is 5.56 Å². The topological polar surface area (TPSA) is 30.2 Å². The van der Waals surface area contributed by atoms with Gasteiger partial charge in [0.1, 0.15) is 17.2 Å². The van der Waals surface area contributed by atoms with E-state index in [4.69, 9.17) is 4.42 Å². The van der Waals surface area contributed by atoms with Crippen LogP contribution >= 0.6 is 0 Å². The van der Waals surface area contributed by atoms with Crippen molar-refractivity contribution in [1.29, 1.82) is 0 Å². The summed E-state index contributed by atoms with van der Waals surface area (Å²) < 4.78 is 32.2. The number of fused-ring (bicyclic) bond motifs is 1. The standard InChI is InChI=1S/C16H10F2O2/c1-9-11-7-6-10(17)8-14(11)20-16(9)15(19)12-4-2-3-5-13(12)18/h2-8H,1H3. The maximum Gasteiger partial charge on any atom is 0.231 e. The van der Waals surface area contributed by atoms with Crippen molar-refractivity contribution < 1.29 is 18.0 Å².